The predicted molar refractivity (Wildman–Crippen MR) is 69.2 cm³/mol. The first kappa shape index (κ1) is 15.6. The molecule has 0 aliphatic carbocycles. The lowest BCUT2D eigenvalue weighted by atomic mass is 10.2. The highest BCUT2D eigenvalue weighted by Gasteiger charge is 2.26. The average molecular weight is 289 g/mol. The van der Waals surface area contributed by atoms with E-state index in [1.54, 1.807) is 0 Å². The molecule has 1 unspecified atom stereocenters. The third-order valence-electron chi connectivity index (χ3n) is 2.91. The van der Waals surface area contributed by atoms with E-state index in [0.717, 1.165) is 17.5 Å². The largest absolute Gasteiger partial charge is 0.480 e. The minimum absolute atomic E-state index is 0.0132. The monoisotopic (exact) mass is 289 g/mol. The Hall–Kier alpha value is -1.41. The van der Waals surface area contributed by atoms with E-state index in [0.29, 0.717) is 0 Å². The molecular weight excluding hydrogens is 270 g/mol. The zero-order chi connectivity index (χ0) is 14.6. The van der Waals surface area contributed by atoms with Crippen molar-refractivity contribution in [1.29, 1.82) is 0 Å². The highest BCUT2D eigenvalue weighted by atomic mass is 32.2. The van der Waals surface area contributed by atoms with Gasteiger partial charge in [-0.25, -0.2) is 8.42 Å². The predicted octanol–water partition coefficient (Wildman–Crippen LogP) is 0.777. The summed E-state index contributed by atoms with van der Waals surface area (Å²) in [6.45, 7) is 3.47. The van der Waals surface area contributed by atoms with Gasteiger partial charge in [0.05, 0.1) is 6.20 Å². The minimum Gasteiger partial charge on any atom is -0.480 e. The van der Waals surface area contributed by atoms with Crippen LogP contribution in [-0.2, 0) is 21.4 Å². The third kappa shape index (κ3) is 3.77. The zero-order valence-corrected chi connectivity index (χ0v) is 12.1. The number of aromatic nitrogens is 2. The van der Waals surface area contributed by atoms with Gasteiger partial charge in [0.25, 0.3) is 0 Å². The maximum atomic E-state index is 12.3. The van der Waals surface area contributed by atoms with Gasteiger partial charge in [-0.15, -0.1) is 0 Å². The Morgan fingerprint density at radius 1 is 1.58 bits per heavy atom. The van der Waals surface area contributed by atoms with Gasteiger partial charge in [0, 0.05) is 19.3 Å². The van der Waals surface area contributed by atoms with E-state index < -0.39 is 16.0 Å². The van der Waals surface area contributed by atoms with Gasteiger partial charge in [-0.1, -0.05) is 13.3 Å². The molecule has 1 heterocycles. The number of aliphatic carboxylic acids is 1. The average Bonchev–Trinajstić information content (AvgIpc) is 2.76. The van der Waals surface area contributed by atoms with Gasteiger partial charge in [-0.3, -0.25) is 9.48 Å². The lowest BCUT2D eigenvalue weighted by Crippen LogP contribution is -2.34. The summed E-state index contributed by atoms with van der Waals surface area (Å²) in [5.74, 6) is -1.07. The van der Waals surface area contributed by atoms with E-state index in [1.165, 1.54) is 23.7 Å². The fraction of sp³-hybridized carbons (Fsp3) is 0.636. The van der Waals surface area contributed by atoms with Gasteiger partial charge in [0.15, 0.2) is 0 Å². The van der Waals surface area contributed by atoms with Gasteiger partial charge >= 0.3 is 5.97 Å². The van der Waals surface area contributed by atoms with Crippen molar-refractivity contribution in [3.05, 3.63) is 12.4 Å². The van der Waals surface area contributed by atoms with E-state index in [-0.39, 0.29) is 17.5 Å². The number of carboxylic acid groups (broad SMARTS) is 1. The van der Waals surface area contributed by atoms with Crippen LogP contribution in [-0.4, -0.2) is 46.7 Å². The van der Waals surface area contributed by atoms with Crippen LogP contribution < -0.4 is 0 Å². The molecule has 1 aromatic heterocycles. The lowest BCUT2D eigenvalue weighted by molar-refractivity contribution is -0.137. The normalized spacial score (nSPS) is 13.7. The first-order chi connectivity index (χ1) is 8.78. The Morgan fingerprint density at radius 3 is 2.74 bits per heavy atom. The van der Waals surface area contributed by atoms with Gasteiger partial charge in [0.2, 0.25) is 10.0 Å². The molecule has 8 heteroatoms. The Kier molecular flexibility index (Phi) is 5.07. The van der Waals surface area contributed by atoms with Crippen LogP contribution in [0.1, 0.15) is 26.7 Å². The van der Waals surface area contributed by atoms with Crippen molar-refractivity contribution < 1.29 is 18.3 Å². The van der Waals surface area contributed by atoms with Crippen molar-refractivity contribution in [2.45, 2.75) is 44.2 Å². The van der Waals surface area contributed by atoms with Crippen molar-refractivity contribution in [2.75, 3.05) is 7.05 Å². The molecule has 0 aliphatic rings. The Bertz CT molecular complexity index is 538. The highest BCUT2D eigenvalue weighted by Crippen LogP contribution is 2.17. The number of carboxylic acids is 1. The molecule has 0 radical (unpaired) electrons. The van der Waals surface area contributed by atoms with E-state index in [2.05, 4.69) is 5.10 Å². The topological polar surface area (TPSA) is 92.5 Å². The Morgan fingerprint density at radius 2 is 2.21 bits per heavy atom. The summed E-state index contributed by atoms with van der Waals surface area (Å²) >= 11 is 0. The molecule has 0 saturated carbocycles. The molecule has 0 saturated heterocycles. The fourth-order valence-electron chi connectivity index (χ4n) is 1.71. The number of carbonyl (C=O) groups is 1. The number of hydrogen-bond acceptors (Lipinski definition) is 4. The van der Waals surface area contributed by atoms with Crippen LogP contribution in [0.15, 0.2) is 17.3 Å². The van der Waals surface area contributed by atoms with Gasteiger partial charge < -0.3 is 5.11 Å². The summed E-state index contributed by atoms with van der Waals surface area (Å²) in [7, 11) is -2.10. The number of hydrogen-bond donors (Lipinski definition) is 1. The molecule has 108 valence electrons. The second-order valence-corrected chi connectivity index (χ2v) is 6.42. The fourth-order valence-corrected chi connectivity index (χ4v) is 3.05. The molecule has 1 rings (SSSR count). The van der Waals surface area contributed by atoms with Crippen LogP contribution >= 0.6 is 0 Å². The minimum atomic E-state index is -3.62. The van der Waals surface area contributed by atoms with Crippen LogP contribution in [0.4, 0.5) is 0 Å². The van der Waals surface area contributed by atoms with Crippen molar-refractivity contribution in [2.24, 2.45) is 0 Å². The summed E-state index contributed by atoms with van der Waals surface area (Å²) in [6, 6.07) is -0.113. The smallest absolute Gasteiger partial charge is 0.325 e. The lowest BCUT2D eigenvalue weighted by Gasteiger charge is -2.23. The number of nitrogens with zero attached hydrogens (tertiary/aromatic N) is 3. The van der Waals surface area contributed by atoms with E-state index >= 15 is 0 Å². The molecule has 0 aliphatic heterocycles. The molecule has 0 fully saturated rings. The molecule has 1 N–H and O–H groups in total. The van der Waals surface area contributed by atoms with Crippen LogP contribution in [0.3, 0.4) is 0 Å². The summed E-state index contributed by atoms with van der Waals surface area (Å²) in [5, 5.41) is 12.4. The molecule has 0 aromatic carbocycles. The SMILES string of the molecule is CCCC(C)N(C)S(=O)(=O)c1cnn(CC(=O)O)c1. The highest BCUT2D eigenvalue weighted by molar-refractivity contribution is 7.89. The first-order valence-corrected chi connectivity index (χ1v) is 7.45. The van der Waals surface area contributed by atoms with Gasteiger partial charge in [-0.05, 0) is 13.3 Å². The van der Waals surface area contributed by atoms with E-state index in [1.807, 2.05) is 13.8 Å². The van der Waals surface area contributed by atoms with Gasteiger partial charge in [-0.2, -0.15) is 9.40 Å². The van der Waals surface area contributed by atoms with Crippen molar-refractivity contribution in [3.63, 3.8) is 0 Å². The maximum absolute atomic E-state index is 12.3. The van der Waals surface area contributed by atoms with Crippen molar-refractivity contribution in [1.82, 2.24) is 14.1 Å². The molecular formula is C11H19N3O4S. The molecule has 0 bridgehead atoms. The summed E-state index contributed by atoms with van der Waals surface area (Å²) in [6.07, 6.45) is 4.06. The molecule has 1 aromatic rings. The molecule has 7 nitrogen and oxygen atoms in total. The number of sulfonamides is 1. The molecule has 1 atom stereocenters. The van der Waals surface area contributed by atoms with E-state index in [9.17, 15) is 13.2 Å². The maximum Gasteiger partial charge on any atom is 0.325 e. The van der Waals surface area contributed by atoms with Crippen LogP contribution in [0.25, 0.3) is 0 Å². The van der Waals surface area contributed by atoms with Crippen LogP contribution in [0, 0.1) is 0 Å². The van der Waals surface area contributed by atoms with Gasteiger partial charge in [0.1, 0.15) is 11.4 Å². The molecule has 19 heavy (non-hydrogen) atoms. The standard InChI is InChI=1S/C11H19N3O4S/c1-4-5-9(2)13(3)19(17,18)10-6-12-14(7-10)8-11(15)16/h6-7,9H,4-5,8H2,1-3H3,(H,15,16). The van der Waals surface area contributed by atoms with Crippen molar-refractivity contribution >= 4 is 16.0 Å². The second kappa shape index (κ2) is 6.16. The zero-order valence-electron chi connectivity index (χ0n) is 11.3. The Balaban J connectivity index is 2.93. The van der Waals surface area contributed by atoms with Crippen molar-refractivity contribution in [3.8, 4) is 0 Å². The quantitative estimate of drug-likeness (QED) is 0.800. The second-order valence-electron chi connectivity index (χ2n) is 4.43. The molecule has 0 spiro atoms. The summed E-state index contributed by atoms with van der Waals surface area (Å²) in [5.41, 5.74) is 0. The summed E-state index contributed by atoms with van der Waals surface area (Å²) < 4.78 is 26.9. The van der Waals surface area contributed by atoms with E-state index in [4.69, 9.17) is 5.11 Å². The third-order valence-corrected chi connectivity index (χ3v) is 4.84. The first-order valence-electron chi connectivity index (χ1n) is 6.01. The number of rotatable bonds is 7. The molecule has 0 amide bonds. The van der Waals surface area contributed by atoms with Crippen LogP contribution in [0.5, 0.6) is 0 Å². The Labute approximate surface area is 112 Å². The van der Waals surface area contributed by atoms with Crippen LogP contribution in [0.2, 0.25) is 0 Å². The summed E-state index contributed by atoms with van der Waals surface area (Å²) in [4.78, 5) is 10.5.